The number of pyridine rings is 1. The molecule has 0 spiro atoms. The third-order valence-electron chi connectivity index (χ3n) is 2.57. The molecule has 0 saturated heterocycles. The maximum Gasteiger partial charge on any atom is 0.422 e. The SMILES string of the molecule is CC(=O)c1nc2cc(Cl)c(OCC(F)(F)F)cc2cc1O. The highest BCUT2D eigenvalue weighted by Gasteiger charge is 2.29. The highest BCUT2D eigenvalue weighted by atomic mass is 35.5. The lowest BCUT2D eigenvalue weighted by molar-refractivity contribution is -0.153. The van der Waals surface area contributed by atoms with E-state index >= 15 is 0 Å². The number of nitrogens with zero attached hydrogens (tertiary/aromatic N) is 1. The molecule has 0 radical (unpaired) electrons. The third-order valence-corrected chi connectivity index (χ3v) is 2.87. The molecule has 1 N–H and O–H groups in total. The van der Waals surface area contributed by atoms with Crippen molar-refractivity contribution >= 4 is 28.3 Å². The second-order valence-electron chi connectivity index (χ2n) is 4.29. The molecule has 0 aliphatic heterocycles. The number of Topliss-reactive ketones (excluding diaryl/α,β-unsaturated/α-hetero) is 1. The van der Waals surface area contributed by atoms with E-state index in [0.29, 0.717) is 5.39 Å². The van der Waals surface area contributed by atoms with Gasteiger partial charge in [0.2, 0.25) is 0 Å². The molecule has 2 aromatic rings. The summed E-state index contributed by atoms with van der Waals surface area (Å²) >= 11 is 5.82. The van der Waals surface area contributed by atoms with E-state index in [1.165, 1.54) is 25.1 Å². The Hall–Kier alpha value is -2.02. The predicted molar refractivity (Wildman–Crippen MR) is 70.0 cm³/mol. The van der Waals surface area contributed by atoms with Gasteiger partial charge in [-0.1, -0.05) is 11.6 Å². The van der Waals surface area contributed by atoms with Crippen molar-refractivity contribution in [2.75, 3.05) is 6.61 Å². The van der Waals surface area contributed by atoms with Gasteiger partial charge in [0, 0.05) is 12.3 Å². The number of hydrogen-bond donors (Lipinski definition) is 1. The van der Waals surface area contributed by atoms with Crippen LogP contribution in [0.2, 0.25) is 5.02 Å². The van der Waals surface area contributed by atoms with Crippen molar-refractivity contribution in [1.29, 1.82) is 0 Å². The van der Waals surface area contributed by atoms with Gasteiger partial charge in [-0.3, -0.25) is 4.79 Å². The molecule has 0 aliphatic carbocycles. The minimum absolute atomic E-state index is 0.0700. The van der Waals surface area contributed by atoms with Crippen LogP contribution < -0.4 is 4.74 Å². The molecule has 1 heterocycles. The molecule has 1 aromatic carbocycles. The van der Waals surface area contributed by atoms with Gasteiger partial charge in [-0.05, 0) is 18.2 Å². The first kappa shape index (κ1) is 15.4. The number of ketones is 1. The van der Waals surface area contributed by atoms with Crippen molar-refractivity contribution in [2.24, 2.45) is 0 Å². The third kappa shape index (κ3) is 3.55. The van der Waals surface area contributed by atoms with Crippen LogP contribution in [-0.4, -0.2) is 28.7 Å². The molecule has 2 rings (SSSR count). The molecular formula is C13H9ClF3NO3. The summed E-state index contributed by atoms with van der Waals surface area (Å²) < 4.78 is 41.0. The fourth-order valence-electron chi connectivity index (χ4n) is 1.69. The Bertz CT molecular complexity index is 716. The maximum atomic E-state index is 12.1. The smallest absolute Gasteiger partial charge is 0.422 e. The number of alkyl halides is 3. The second kappa shape index (κ2) is 5.40. The molecule has 0 atom stereocenters. The fourth-order valence-corrected chi connectivity index (χ4v) is 1.91. The molecule has 0 aliphatic rings. The first-order valence-electron chi connectivity index (χ1n) is 5.71. The van der Waals surface area contributed by atoms with Crippen molar-refractivity contribution in [3.8, 4) is 11.5 Å². The predicted octanol–water partition coefficient (Wildman–Crippen LogP) is 3.74. The van der Waals surface area contributed by atoms with Crippen molar-refractivity contribution in [3.63, 3.8) is 0 Å². The largest absolute Gasteiger partial charge is 0.506 e. The number of fused-ring (bicyclic) bond motifs is 1. The zero-order valence-corrected chi connectivity index (χ0v) is 11.4. The number of aromatic hydroxyl groups is 1. The Kier molecular flexibility index (Phi) is 3.95. The zero-order chi connectivity index (χ0) is 15.8. The second-order valence-corrected chi connectivity index (χ2v) is 4.70. The number of carbonyl (C=O) groups excluding carboxylic acids is 1. The molecule has 4 nitrogen and oxygen atoms in total. The number of rotatable bonds is 3. The van der Waals surface area contributed by atoms with Gasteiger partial charge in [0.25, 0.3) is 0 Å². The Morgan fingerprint density at radius 3 is 2.62 bits per heavy atom. The van der Waals surface area contributed by atoms with Crippen LogP contribution in [0.5, 0.6) is 11.5 Å². The average molecular weight is 320 g/mol. The Morgan fingerprint density at radius 2 is 2.05 bits per heavy atom. The number of aromatic nitrogens is 1. The van der Waals surface area contributed by atoms with Crippen LogP contribution in [0.1, 0.15) is 17.4 Å². The molecular weight excluding hydrogens is 311 g/mol. The van der Waals surface area contributed by atoms with Gasteiger partial charge in [-0.25, -0.2) is 4.98 Å². The summed E-state index contributed by atoms with van der Waals surface area (Å²) in [5.41, 5.74) is 0.130. The van der Waals surface area contributed by atoms with Gasteiger partial charge in [-0.2, -0.15) is 13.2 Å². The summed E-state index contributed by atoms with van der Waals surface area (Å²) in [7, 11) is 0. The first-order valence-corrected chi connectivity index (χ1v) is 6.09. The number of ether oxygens (including phenoxy) is 1. The monoisotopic (exact) mass is 319 g/mol. The van der Waals surface area contributed by atoms with Crippen LogP contribution >= 0.6 is 11.6 Å². The highest BCUT2D eigenvalue weighted by molar-refractivity contribution is 6.32. The van der Waals surface area contributed by atoms with Crippen LogP contribution in [0.15, 0.2) is 18.2 Å². The van der Waals surface area contributed by atoms with Crippen molar-refractivity contribution in [2.45, 2.75) is 13.1 Å². The fraction of sp³-hybridized carbons (Fsp3) is 0.231. The quantitative estimate of drug-likeness (QED) is 0.876. The molecule has 1 aromatic heterocycles. The van der Waals surface area contributed by atoms with E-state index in [-0.39, 0.29) is 27.7 Å². The lowest BCUT2D eigenvalue weighted by atomic mass is 10.1. The molecule has 8 heteroatoms. The van der Waals surface area contributed by atoms with Gasteiger partial charge in [0.15, 0.2) is 12.4 Å². The summed E-state index contributed by atoms with van der Waals surface area (Å²) in [5.74, 6) is -0.986. The minimum Gasteiger partial charge on any atom is -0.506 e. The molecule has 112 valence electrons. The number of benzene rings is 1. The minimum atomic E-state index is -4.49. The van der Waals surface area contributed by atoms with Crippen LogP contribution in [0, 0.1) is 0 Å². The summed E-state index contributed by atoms with van der Waals surface area (Å²) in [6.07, 6.45) is -4.49. The normalized spacial score (nSPS) is 11.7. The molecule has 0 saturated carbocycles. The summed E-state index contributed by atoms with van der Waals surface area (Å²) in [5, 5.41) is 9.90. The topological polar surface area (TPSA) is 59.4 Å². The van der Waals surface area contributed by atoms with Crippen LogP contribution in [0.4, 0.5) is 13.2 Å². The molecule has 0 amide bonds. The Morgan fingerprint density at radius 1 is 1.38 bits per heavy atom. The van der Waals surface area contributed by atoms with E-state index in [4.69, 9.17) is 11.6 Å². The Labute approximate surface area is 122 Å². The Balaban J connectivity index is 2.46. The van der Waals surface area contributed by atoms with Gasteiger partial charge < -0.3 is 9.84 Å². The first-order chi connectivity index (χ1) is 9.67. The standard InChI is InChI=1S/C13H9ClF3NO3/c1-6(19)12-10(20)2-7-3-11(21-5-13(15,16)17)8(14)4-9(7)18-12/h2-4,20H,5H2,1H3. The molecule has 21 heavy (non-hydrogen) atoms. The van der Waals surface area contributed by atoms with Gasteiger partial charge >= 0.3 is 6.18 Å². The van der Waals surface area contributed by atoms with E-state index < -0.39 is 18.6 Å². The zero-order valence-electron chi connectivity index (χ0n) is 10.7. The van der Waals surface area contributed by atoms with Crippen LogP contribution in [0.25, 0.3) is 10.9 Å². The van der Waals surface area contributed by atoms with Crippen molar-refractivity contribution in [1.82, 2.24) is 4.98 Å². The lowest BCUT2D eigenvalue weighted by Gasteiger charge is -2.12. The maximum absolute atomic E-state index is 12.1. The van der Waals surface area contributed by atoms with Crippen molar-refractivity contribution in [3.05, 3.63) is 28.9 Å². The lowest BCUT2D eigenvalue weighted by Crippen LogP contribution is -2.19. The van der Waals surface area contributed by atoms with Gasteiger partial charge in [-0.15, -0.1) is 0 Å². The number of carbonyl (C=O) groups is 1. The molecule has 0 fully saturated rings. The molecule has 0 bridgehead atoms. The van der Waals surface area contributed by atoms with E-state index in [1.807, 2.05) is 0 Å². The van der Waals surface area contributed by atoms with Gasteiger partial charge in [0.1, 0.15) is 17.2 Å². The number of halogens is 4. The van der Waals surface area contributed by atoms with Crippen LogP contribution in [0.3, 0.4) is 0 Å². The van der Waals surface area contributed by atoms with E-state index in [1.54, 1.807) is 0 Å². The summed E-state index contributed by atoms with van der Waals surface area (Å²) in [4.78, 5) is 15.2. The summed E-state index contributed by atoms with van der Waals surface area (Å²) in [6.45, 7) is -0.251. The summed E-state index contributed by atoms with van der Waals surface area (Å²) in [6, 6.07) is 3.71. The highest BCUT2D eigenvalue weighted by Crippen LogP contribution is 2.33. The van der Waals surface area contributed by atoms with Crippen molar-refractivity contribution < 1.29 is 27.8 Å². The average Bonchev–Trinajstić information content (AvgIpc) is 2.35. The van der Waals surface area contributed by atoms with E-state index in [0.717, 1.165) is 0 Å². The number of hydrogen-bond acceptors (Lipinski definition) is 4. The van der Waals surface area contributed by atoms with E-state index in [2.05, 4.69) is 9.72 Å². The molecule has 0 unspecified atom stereocenters. The van der Waals surface area contributed by atoms with Crippen LogP contribution in [-0.2, 0) is 0 Å². The van der Waals surface area contributed by atoms with Gasteiger partial charge in [0.05, 0.1) is 10.5 Å². The van der Waals surface area contributed by atoms with E-state index in [9.17, 15) is 23.1 Å².